The van der Waals surface area contributed by atoms with Gasteiger partial charge in [0.1, 0.15) is 17.0 Å². The topological polar surface area (TPSA) is 63.8 Å². The van der Waals surface area contributed by atoms with E-state index in [1.807, 2.05) is 0 Å². The highest BCUT2D eigenvalue weighted by molar-refractivity contribution is 7.98. The van der Waals surface area contributed by atoms with Crippen LogP contribution >= 0.6 is 23.3 Å². The normalized spacial score (nSPS) is 10.6. The largest absolute Gasteiger partial charge is 0.440 e. The molecule has 0 radical (unpaired) electrons. The average molecular weight is 256 g/mol. The monoisotopic (exact) mass is 256 g/mol. The van der Waals surface area contributed by atoms with Gasteiger partial charge in [-0.05, 0) is 6.42 Å². The molecule has 16 heavy (non-hydrogen) atoms. The fraction of sp³-hybridized carbons (Fsp3) is 0.444. The first-order valence-electron chi connectivity index (χ1n) is 4.97. The zero-order valence-electron chi connectivity index (χ0n) is 8.84. The van der Waals surface area contributed by atoms with Crippen molar-refractivity contribution in [3.8, 4) is 0 Å². The van der Waals surface area contributed by atoms with E-state index in [2.05, 4.69) is 26.8 Å². The Morgan fingerprint density at radius 1 is 1.56 bits per heavy atom. The molecule has 86 valence electrons. The Balaban J connectivity index is 1.91. The molecule has 0 aliphatic heterocycles. The Hall–Kier alpha value is -1.08. The standard InChI is InChI=1S/C9H12N4OS2/c1-2-3-10-8-7(12-13-16-8)6-15-9-11-4-5-14-9/h4-5,10H,2-3,6H2,1H3. The summed E-state index contributed by atoms with van der Waals surface area (Å²) in [6.45, 7) is 3.07. The van der Waals surface area contributed by atoms with Gasteiger partial charge in [-0.3, -0.25) is 0 Å². The second-order valence-corrected chi connectivity index (χ2v) is 4.74. The van der Waals surface area contributed by atoms with E-state index < -0.39 is 0 Å². The number of nitrogens with one attached hydrogen (secondary N) is 1. The lowest BCUT2D eigenvalue weighted by atomic mass is 10.4. The molecule has 0 fully saturated rings. The first kappa shape index (κ1) is 11.4. The maximum absolute atomic E-state index is 5.14. The van der Waals surface area contributed by atoms with Crippen LogP contribution in [0.1, 0.15) is 19.0 Å². The number of aromatic nitrogens is 3. The maximum atomic E-state index is 5.14. The highest BCUT2D eigenvalue weighted by Crippen LogP contribution is 2.26. The van der Waals surface area contributed by atoms with E-state index in [1.165, 1.54) is 23.3 Å². The van der Waals surface area contributed by atoms with Gasteiger partial charge in [-0.15, -0.1) is 5.10 Å². The minimum absolute atomic E-state index is 0.662. The summed E-state index contributed by atoms with van der Waals surface area (Å²) in [5.74, 6) is 0.725. The summed E-state index contributed by atoms with van der Waals surface area (Å²) in [7, 11) is 0. The van der Waals surface area contributed by atoms with Crippen LogP contribution in [-0.2, 0) is 5.75 Å². The molecule has 2 aromatic rings. The molecule has 0 aliphatic rings. The number of nitrogens with zero attached hydrogens (tertiary/aromatic N) is 3. The van der Waals surface area contributed by atoms with Crippen LogP contribution in [0.5, 0.6) is 0 Å². The molecule has 5 nitrogen and oxygen atoms in total. The number of thioether (sulfide) groups is 1. The lowest BCUT2D eigenvalue weighted by molar-refractivity contribution is 0.454. The second kappa shape index (κ2) is 5.86. The summed E-state index contributed by atoms with van der Waals surface area (Å²) in [4.78, 5) is 4.04. The van der Waals surface area contributed by atoms with Gasteiger partial charge in [0.25, 0.3) is 5.22 Å². The van der Waals surface area contributed by atoms with Crippen LogP contribution in [0.3, 0.4) is 0 Å². The highest BCUT2D eigenvalue weighted by atomic mass is 32.2. The van der Waals surface area contributed by atoms with Crippen molar-refractivity contribution >= 4 is 28.3 Å². The van der Waals surface area contributed by atoms with Crippen LogP contribution in [0.15, 0.2) is 22.1 Å². The molecule has 7 heteroatoms. The van der Waals surface area contributed by atoms with Gasteiger partial charge in [0.05, 0.1) is 11.9 Å². The average Bonchev–Trinajstić information content (AvgIpc) is 2.94. The van der Waals surface area contributed by atoms with Crippen molar-refractivity contribution < 1.29 is 4.42 Å². The molecular formula is C9H12N4OS2. The molecule has 0 saturated heterocycles. The van der Waals surface area contributed by atoms with Gasteiger partial charge >= 0.3 is 0 Å². The van der Waals surface area contributed by atoms with Crippen LogP contribution in [0.4, 0.5) is 5.00 Å². The van der Waals surface area contributed by atoms with E-state index in [-0.39, 0.29) is 0 Å². The summed E-state index contributed by atoms with van der Waals surface area (Å²) >= 11 is 2.91. The van der Waals surface area contributed by atoms with Crippen molar-refractivity contribution in [3.63, 3.8) is 0 Å². The third-order valence-electron chi connectivity index (χ3n) is 1.83. The van der Waals surface area contributed by atoms with Crippen LogP contribution in [0, 0.1) is 0 Å². The molecule has 0 atom stereocenters. The molecule has 0 bridgehead atoms. The van der Waals surface area contributed by atoms with Gasteiger partial charge in [-0.2, -0.15) is 0 Å². The Morgan fingerprint density at radius 2 is 2.50 bits per heavy atom. The first-order valence-corrected chi connectivity index (χ1v) is 6.73. The fourth-order valence-electron chi connectivity index (χ4n) is 1.09. The molecule has 2 aromatic heterocycles. The van der Waals surface area contributed by atoms with Crippen molar-refractivity contribution in [2.45, 2.75) is 24.3 Å². The van der Waals surface area contributed by atoms with E-state index >= 15 is 0 Å². The number of rotatable bonds is 6. The van der Waals surface area contributed by atoms with Crippen LogP contribution in [-0.4, -0.2) is 21.1 Å². The molecule has 0 aliphatic carbocycles. The quantitative estimate of drug-likeness (QED) is 0.802. The first-order chi connectivity index (χ1) is 7.90. The van der Waals surface area contributed by atoms with Gasteiger partial charge in [0, 0.05) is 18.1 Å². The lowest BCUT2D eigenvalue weighted by Gasteiger charge is -2.01. The van der Waals surface area contributed by atoms with Gasteiger partial charge in [0.15, 0.2) is 0 Å². The molecule has 0 unspecified atom stereocenters. The summed E-state index contributed by atoms with van der Waals surface area (Å²) < 4.78 is 9.08. The summed E-state index contributed by atoms with van der Waals surface area (Å²) in [6, 6.07) is 0. The lowest BCUT2D eigenvalue weighted by Crippen LogP contribution is -2.00. The smallest absolute Gasteiger partial charge is 0.255 e. The third kappa shape index (κ3) is 2.96. The maximum Gasteiger partial charge on any atom is 0.255 e. The fourth-order valence-corrected chi connectivity index (χ4v) is 2.51. The van der Waals surface area contributed by atoms with Crippen LogP contribution in [0.25, 0.3) is 0 Å². The van der Waals surface area contributed by atoms with E-state index in [1.54, 1.807) is 12.5 Å². The minimum Gasteiger partial charge on any atom is -0.440 e. The van der Waals surface area contributed by atoms with E-state index in [0.717, 1.165) is 29.4 Å². The van der Waals surface area contributed by atoms with Crippen molar-refractivity contribution in [3.05, 3.63) is 18.2 Å². The Bertz CT molecular complexity index is 415. The van der Waals surface area contributed by atoms with E-state index in [0.29, 0.717) is 5.22 Å². The summed E-state index contributed by atoms with van der Waals surface area (Å²) in [5, 5.41) is 9.09. The van der Waals surface area contributed by atoms with Crippen LogP contribution in [0.2, 0.25) is 0 Å². The minimum atomic E-state index is 0.662. The molecular weight excluding hydrogens is 244 g/mol. The number of oxazole rings is 1. The number of anilines is 1. The number of hydrogen-bond acceptors (Lipinski definition) is 7. The van der Waals surface area contributed by atoms with Crippen molar-refractivity contribution in [2.75, 3.05) is 11.9 Å². The molecule has 0 spiro atoms. The van der Waals surface area contributed by atoms with E-state index in [4.69, 9.17) is 4.42 Å². The Labute approximate surface area is 102 Å². The highest BCUT2D eigenvalue weighted by Gasteiger charge is 2.09. The summed E-state index contributed by atoms with van der Waals surface area (Å²) in [6.07, 6.45) is 4.29. The van der Waals surface area contributed by atoms with Crippen molar-refractivity contribution in [2.24, 2.45) is 0 Å². The summed E-state index contributed by atoms with van der Waals surface area (Å²) in [5.41, 5.74) is 0.960. The van der Waals surface area contributed by atoms with Gasteiger partial charge in [0.2, 0.25) is 0 Å². The van der Waals surface area contributed by atoms with Crippen molar-refractivity contribution in [1.82, 2.24) is 14.6 Å². The molecule has 1 N–H and O–H groups in total. The van der Waals surface area contributed by atoms with Gasteiger partial charge < -0.3 is 9.73 Å². The third-order valence-corrected chi connectivity index (χ3v) is 3.43. The van der Waals surface area contributed by atoms with Crippen LogP contribution < -0.4 is 5.32 Å². The van der Waals surface area contributed by atoms with E-state index in [9.17, 15) is 0 Å². The Kier molecular flexibility index (Phi) is 4.17. The molecule has 0 saturated carbocycles. The molecule has 2 heterocycles. The van der Waals surface area contributed by atoms with Gasteiger partial charge in [-0.25, -0.2) is 4.98 Å². The number of hydrogen-bond donors (Lipinski definition) is 1. The van der Waals surface area contributed by atoms with Crippen molar-refractivity contribution in [1.29, 1.82) is 0 Å². The molecule has 0 amide bonds. The van der Waals surface area contributed by atoms with Gasteiger partial charge in [-0.1, -0.05) is 23.2 Å². The predicted octanol–water partition coefficient (Wildman–Crippen LogP) is 2.64. The Morgan fingerprint density at radius 3 is 3.25 bits per heavy atom. The predicted molar refractivity (Wildman–Crippen MR) is 64.8 cm³/mol. The zero-order valence-corrected chi connectivity index (χ0v) is 10.5. The molecule has 2 rings (SSSR count). The zero-order chi connectivity index (χ0) is 11.2. The second-order valence-electron chi connectivity index (χ2n) is 3.06. The SMILES string of the molecule is CCCNc1snnc1CSc1ncco1. The molecule has 0 aromatic carbocycles.